The van der Waals surface area contributed by atoms with Crippen LogP contribution >= 0.6 is 0 Å². The first kappa shape index (κ1) is 29.8. The summed E-state index contributed by atoms with van der Waals surface area (Å²) < 4.78 is 47.6. The van der Waals surface area contributed by atoms with Crippen molar-refractivity contribution in [3.63, 3.8) is 0 Å². The van der Waals surface area contributed by atoms with E-state index in [9.17, 15) is 22.8 Å². The van der Waals surface area contributed by atoms with E-state index in [0.717, 1.165) is 23.3 Å². The number of aryl methyl sites for hydroxylation is 1. The summed E-state index contributed by atoms with van der Waals surface area (Å²) in [7, 11) is 1.45. The minimum atomic E-state index is -4.47. The van der Waals surface area contributed by atoms with E-state index in [4.69, 9.17) is 4.74 Å². The first-order valence-electron chi connectivity index (χ1n) is 13.7. The highest BCUT2D eigenvalue weighted by atomic mass is 19.4. The molecule has 12 heteroatoms. The maximum Gasteiger partial charge on any atom is 0.416 e. The monoisotopic (exact) mass is 592 g/mol. The third-order valence-electron chi connectivity index (χ3n) is 7.03. The van der Waals surface area contributed by atoms with E-state index in [1.165, 1.54) is 28.5 Å². The Morgan fingerprint density at radius 2 is 1.77 bits per heavy atom. The molecule has 0 saturated carbocycles. The molecule has 9 nitrogen and oxygen atoms in total. The number of aromatic nitrogens is 4. The average molecular weight is 593 g/mol. The molecular formula is C31H31F3N6O3. The number of rotatable bonds is 6. The molecule has 0 atom stereocenters. The SMILES string of the molecule is COc1ncc(C)cc1-n1c(C=C(C)C)c(C(=O)N2CCNCC2)cc(-c2ccn(-c3ccc(C(F)(F)F)cc3)n2)c1=O. The van der Waals surface area contributed by atoms with Crippen molar-refractivity contribution in [1.29, 1.82) is 0 Å². The Bertz CT molecular complexity index is 1750. The van der Waals surface area contributed by atoms with Gasteiger partial charge >= 0.3 is 6.18 Å². The summed E-state index contributed by atoms with van der Waals surface area (Å²) in [4.78, 5) is 34.5. The summed E-state index contributed by atoms with van der Waals surface area (Å²) in [6, 6.07) is 9.45. The van der Waals surface area contributed by atoms with Crippen LogP contribution in [0.2, 0.25) is 0 Å². The van der Waals surface area contributed by atoms with Crippen molar-refractivity contribution in [2.45, 2.75) is 26.9 Å². The lowest BCUT2D eigenvalue weighted by atomic mass is 10.0. The number of ether oxygens (including phenoxy) is 1. The fourth-order valence-corrected chi connectivity index (χ4v) is 4.95. The van der Waals surface area contributed by atoms with Crippen LogP contribution in [0.4, 0.5) is 13.2 Å². The smallest absolute Gasteiger partial charge is 0.416 e. The molecule has 0 bridgehead atoms. The van der Waals surface area contributed by atoms with Crippen LogP contribution in [0, 0.1) is 6.92 Å². The van der Waals surface area contributed by atoms with E-state index in [-0.39, 0.29) is 23.0 Å². The van der Waals surface area contributed by atoms with E-state index in [1.54, 1.807) is 41.6 Å². The Hall–Kier alpha value is -4.71. The number of nitrogens with one attached hydrogen (secondary N) is 1. The molecule has 1 N–H and O–H groups in total. The molecule has 1 aliphatic rings. The highest BCUT2D eigenvalue weighted by molar-refractivity contribution is 5.99. The minimum Gasteiger partial charge on any atom is -0.480 e. The molecule has 1 fully saturated rings. The van der Waals surface area contributed by atoms with Gasteiger partial charge in [0.25, 0.3) is 11.5 Å². The van der Waals surface area contributed by atoms with Crippen LogP contribution in [0.25, 0.3) is 28.7 Å². The molecule has 0 radical (unpaired) electrons. The second-order valence-electron chi connectivity index (χ2n) is 10.5. The normalized spacial score (nSPS) is 13.6. The number of carbonyl (C=O) groups is 1. The van der Waals surface area contributed by atoms with Gasteiger partial charge in [-0.3, -0.25) is 14.2 Å². The molecule has 5 rings (SSSR count). The maximum atomic E-state index is 14.3. The van der Waals surface area contributed by atoms with Gasteiger partial charge in [0.05, 0.1) is 40.9 Å². The summed E-state index contributed by atoms with van der Waals surface area (Å²) in [5.41, 5.74) is 2.19. The number of amides is 1. The quantitative estimate of drug-likeness (QED) is 0.343. The molecule has 4 heterocycles. The number of benzene rings is 1. The van der Waals surface area contributed by atoms with E-state index in [1.807, 2.05) is 20.8 Å². The number of allylic oxidation sites excluding steroid dienone is 1. The first-order chi connectivity index (χ1) is 20.5. The number of alkyl halides is 3. The minimum absolute atomic E-state index is 0.138. The summed E-state index contributed by atoms with van der Waals surface area (Å²) in [5.74, 6) is -0.0464. The van der Waals surface area contributed by atoms with Gasteiger partial charge in [-0.15, -0.1) is 0 Å². The van der Waals surface area contributed by atoms with Crippen LogP contribution in [0.5, 0.6) is 5.88 Å². The van der Waals surface area contributed by atoms with Crippen LogP contribution in [0.1, 0.15) is 41.0 Å². The molecule has 0 spiro atoms. The second-order valence-corrected chi connectivity index (χ2v) is 10.5. The Labute approximate surface area is 246 Å². The van der Waals surface area contributed by atoms with Crippen LogP contribution in [0.3, 0.4) is 0 Å². The number of halogens is 3. The van der Waals surface area contributed by atoms with Gasteiger partial charge in [-0.05, 0) is 74.9 Å². The van der Waals surface area contributed by atoms with Gasteiger partial charge in [-0.1, -0.05) is 5.57 Å². The summed E-state index contributed by atoms with van der Waals surface area (Å²) >= 11 is 0. The molecule has 1 aromatic carbocycles. The lowest BCUT2D eigenvalue weighted by Gasteiger charge is -2.29. The zero-order chi connectivity index (χ0) is 30.9. The standard InChI is InChI=1S/C31H31F3N6O3/c1-19(2)15-26-24(29(41)38-13-10-35-11-14-38)17-23(30(42)40(26)27-16-20(3)18-36-28(27)43-4)25-9-12-39(37-25)22-7-5-21(6-8-22)31(32,33)34/h5-9,12,15-18,35H,10-11,13-14H2,1-4H3. The number of carbonyl (C=O) groups excluding carboxylic acids is 1. The Morgan fingerprint density at radius 1 is 1.07 bits per heavy atom. The van der Waals surface area contributed by atoms with Crippen molar-refractivity contribution in [3.05, 3.63) is 93.2 Å². The van der Waals surface area contributed by atoms with Crippen molar-refractivity contribution >= 4 is 12.0 Å². The van der Waals surface area contributed by atoms with Crippen molar-refractivity contribution in [1.82, 2.24) is 29.5 Å². The van der Waals surface area contributed by atoms with Gasteiger partial charge in [0.2, 0.25) is 5.88 Å². The lowest BCUT2D eigenvalue weighted by molar-refractivity contribution is -0.137. The number of nitrogens with zero attached hydrogens (tertiary/aromatic N) is 5. The van der Waals surface area contributed by atoms with E-state index in [2.05, 4.69) is 15.4 Å². The molecule has 4 aromatic rings. The van der Waals surface area contributed by atoms with Crippen LogP contribution < -0.4 is 15.6 Å². The molecule has 43 heavy (non-hydrogen) atoms. The molecular weight excluding hydrogens is 561 g/mol. The van der Waals surface area contributed by atoms with Crippen LogP contribution in [-0.2, 0) is 6.18 Å². The van der Waals surface area contributed by atoms with E-state index in [0.29, 0.717) is 48.8 Å². The Kier molecular flexibility index (Phi) is 8.23. The van der Waals surface area contributed by atoms with Crippen molar-refractivity contribution in [3.8, 4) is 28.5 Å². The summed E-state index contributed by atoms with van der Waals surface area (Å²) in [5, 5.41) is 7.77. The largest absolute Gasteiger partial charge is 0.480 e. The van der Waals surface area contributed by atoms with Gasteiger partial charge in [0, 0.05) is 38.6 Å². The van der Waals surface area contributed by atoms with Crippen molar-refractivity contribution in [2.24, 2.45) is 0 Å². The van der Waals surface area contributed by atoms with Crippen LogP contribution in [0.15, 0.2) is 65.2 Å². The molecule has 1 aliphatic heterocycles. The third-order valence-corrected chi connectivity index (χ3v) is 7.03. The lowest BCUT2D eigenvalue weighted by Crippen LogP contribution is -2.47. The highest BCUT2D eigenvalue weighted by Gasteiger charge is 2.30. The van der Waals surface area contributed by atoms with Gasteiger partial charge in [0.1, 0.15) is 5.69 Å². The van der Waals surface area contributed by atoms with Crippen molar-refractivity contribution < 1.29 is 22.7 Å². The number of pyridine rings is 2. The zero-order valence-corrected chi connectivity index (χ0v) is 24.2. The number of hydrogen-bond acceptors (Lipinski definition) is 6. The number of hydrogen-bond donors (Lipinski definition) is 1. The van der Waals surface area contributed by atoms with Crippen molar-refractivity contribution in [2.75, 3.05) is 33.3 Å². The topological polar surface area (TPSA) is 94.3 Å². The fourth-order valence-electron chi connectivity index (χ4n) is 4.95. The van der Waals surface area contributed by atoms with Gasteiger partial charge in [0.15, 0.2) is 0 Å². The maximum absolute atomic E-state index is 14.3. The molecule has 1 saturated heterocycles. The predicted molar refractivity (Wildman–Crippen MR) is 157 cm³/mol. The molecule has 0 unspecified atom stereocenters. The summed E-state index contributed by atoms with van der Waals surface area (Å²) in [6.45, 7) is 7.87. The Morgan fingerprint density at radius 3 is 2.40 bits per heavy atom. The molecule has 0 aliphatic carbocycles. The zero-order valence-electron chi connectivity index (χ0n) is 24.2. The predicted octanol–water partition coefficient (Wildman–Crippen LogP) is 4.89. The fraction of sp³-hybridized carbons (Fsp3) is 0.290. The highest BCUT2D eigenvalue weighted by Crippen LogP contribution is 2.31. The molecule has 3 aromatic heterocycles. The van der Waals surface area contributed by atoms with E-state index >= 15 is 0 Å². The molecule has 224 valence electrons. The average Bonchev–Trinajstić information content (AvgIpc) is 3.47. The second kappa shape index (κ2) is 11.9. The Balaban J connectivity index is 1.74. The third kappa shape index (κ3) is 6.09. The van der Waals surface area contributed by atoms with Gasteiger partial charge in [-0.2, -0.15) is 18.3 Å². The number of methoxy groups -OCH3 is 1. The first-order valence-corrected chi connectivity index (χ1v) is 13.7. The number of piperazine rings is 1. The summed E-state index contributed by atoms with van der Waals surface area (Å²) in [6.07, 6.45) is 0.489. The van der Waals surface area contributed by atoms with Crippen LogP contribution in [-0.4, -0.2) is 63.4 Å². The van der Waals surface area contributed by atoms with Gasteiger partial charge in [-0.25, -0.2) is 9.67 Å². The van der Waals surface area contributed by atoms with Gasteiger partial charge < -0.3 is 15.0 Å². The van der Waals surface area contributed by atoms with E-state index < -0.39 is 17.3 Å². The molecule has 1 amide bonds.